The summed E-state index contributed by atoms with van der Waals surface area (Å²) >= 11 is 5.95. The van der Waals surface area contributed by atoms with E-state index in [0.717, 1.165) is 31.9 Å². The number of hydrogen-bond donors (Lipinski definition) is 2. The molecule has 6 heteroatoms. The van der Waals surface area contributed by atoms with Gasteiger partial charge in [-0.25, -0.2) is 4.79 Å². The highest BCUT2D eigenvalue weighted by atomic mass is 35.5. The molecule has 0 saturated carbocycles. The van der Waals surface area contributed by atoms with E-state index in [4.69, 9.17) is 16.7 Å². The average molecular weight is 270 g/mol. The van der Waals surface area contributed by atoms with Crippen LogP contribution in [-0.4, -0.2) is 49.3 Å². The number of nitrogens with zero attached hydrogens (tertiary/aromatic N) is 2. The second-order valence-electron chi connectivity index (χ2n) is 4.38. The van der Waals surface area contributed by atoms with Crippen LogP contribution in [-0.2, 0) is 0 Å². The number of carboxylic acid groups (broad SMARTS) is 1. The molecule has 1 amide bonds. The van der Waals surface area contributed by atoms with Crippen molar-refractivity contribution in [2.24, 2.45) is 0 Å². The van der Waals surface area contributed by atoms with E-state index < -0.39 is 6.09 Å². The molecule has 1 aromatic rings. The molecule has 98 valence electrons. The maximum absolute atomic E-state index is 10.7. The van der Waals surface area contributed by atoms with E-state index in [-0.39, 0.29) is 0 Å². The molecule has 0 atom stereocenters. The highest BCUT2D eigenvalue weighted by Gasteiger charge is 2.15. The molecule has 1 fully saturated rings. The van der Waals surface area contributed by atoms with Gasteiger partial charge in [-0.15, -0.1) is 0 Å². The van der Waals surface area contributed by atoms with Crippen molar-refractivity contribution in [3.05, 3.63) is 23.2 Å². The van der Waals surface area contributed by atoms with Gasteiger partial charge in [-0.1, -0.05) is 11.6 Å². The quantitative estimate of drug-likeness (QED) is 0.864. The third kappa shape index (κ3) is 3.05. The lowest BCUT2D eigenvalue weighted by Gasteiger charge is -2.34. The van der Waals surface area contributed by atoms with Crippen molar-refractivity contribution in [1.29, 1.82) is 0 Å². The van der Waals surface area contributed by atoms with Gasteiger partial charge in [0.2, 0.25) is 0 Å². The van der Waals surface area contributed by atoms with Crippen molar-refractivity contribution in [1.82, 2.24) is 4.90 Å². The standard InChI is InChI=1S/C12H16ClN3O2/c1-15-4-6-16(7-5-15)9-2-3-10(13)11(8-9)14-12(17)18/h2-3,8,14H,4-7H2,1H3,(H,17,18). The Morgan fingerprint density at radius 3 is 2.61 bits per heavy atom. The van der Waals surface area contributed by atoms with E-state index in [0.29, 0.717) is 10.7 Å². The number of piperazine rings is 1. The second kappa shape index (κ2) is 5.46. The van der Waals surface area contributed by atoms with Gasteiger partial charge >= 0.3 is 6.09 Å². The number of amides is 1. The molecule has 1 aromatic carbocycles. The molecule has 2 rings (SSSR count). The Bertz CT molecular complexity index is 445. The van der Waals surface area contributed by atoms with Crippen LogP contribution in [0.1, 0.15) is 0 Å². The number of nitrogens with one attached hydrogen (secondary N) is 1. The zero-order chi connectivity index (χ0) is 13.1. The van der Waals surface area contributed by atoms with Crippen molar-refractivity contribution in [3.63, 3.8) is 0 Å². The molecule has 0 spiro atoms. The molecule has 0 aromatic heterocycles. The molecule has 0 aliphatic carbocycles. The van der Waals surface area contributed by atoms with Crippen LogP contribution in [0.4, 0.5) is 16.2 Å². The SMILES string of the molecule is CN1CCN(c2ccc(Cl)c(NC(=O)O)c2)CC1. The van der Waals surface area contributed by atoms with Crippen LogP contribution in [0.15, 0.2) is 18.2 Å². The lowest BCUT2D eigenvalue weighted by molar-refractivity contribution is 0.210. The molecule has 0 unspecified atom stereocenters. The first-order valence-corrected chi connectivity index (χ1v) is 6.17. The van der Waals surface area contributed by atoms with Crippen LogP contribution in [0.25, 0.3) is 0 Å². The van der Waals surface area contributed by atoms with E-state index >= 15 is 0 Å². The largest absolute Gasteiger partial charge is 0.465 e. The molecule has 1 saturated heterocycles. The van der Waals surface area contributed by atoms with Gasteiger partial charge in [0, 0.05) is 31.9 Å². The Kier molecular flexibility index (Phi) is 3.93. The maximum Gasteiger partial charge on any atom is 0.409 e. The fourth-order valence-corrected chi connectivity index (χ4v) is 2.15. The number of rotatable bonds is 2. The van der Waals surface area contributed by atoms with Gasteiger partial charge in [0.25, 0.3) is 0 Å². The molecule has 2 N–H and O–H groups in total. The van der Waals surface area contributed by atoms with Gasteiger partial charge in [0.15, 0.2) is 0 Å². The van der Waals surface area contributed by atoms with Crippen LogP contribution >= 0.6 is 11.6 Å². The molecule has 5 nitrogen and oxygen atoms in total. The predicted molar refractivity (Wildman–Crippen MR) is 72.8 cm³/mol. The monoisotopic (exact) mass is 269 g/mol. The van der Waals surface area contributed by atoms with E-state index in [1.165, 1.54) is 0 Å². The van der Waals surface area contributed by atoms with Gasteiger partial charge in [0.05, 0.1) is 10.7 Å². The minimum absolute atomic E-state index is 0.412. The topological polar surface area (TPSA) is 55.8 Å². The summed E-state index contributed by atoms with van der Waals surface area (Å²) in [7, 11) is 2.09. The Morgan fingerprint density at radius 1 is 1.33 bits per heavy atom. The average Bonchev–Trinajstić information content (AvgIpc) is 2.32. The molecule has 0 bridgehead atoms. The van der Waals surface area contributed by atoms with Crippen LogP contribution in [0.3, 0.4) is 0 Å². The first-order valence-electron chi connectivity index (χ1n) is 5.79. The van der Waals surface area contributed by atoms with Crippen molar-refractivity contribution in [2.45, 2.75) is 0 Å². The van der Waals surface area contributed by atoms with Crippen LogP contribution in [0.5, 0.6) is 0 Å². The highest BCUT2D eigenvalue weighted by Crippen LogP contribution is 2.28. The summed E-state index contributed by atoms with van der Waals surface area (Å²) in [4.78, 5) is 15.2. The summed E-state index contributed by atoms with van der Waals surface area (Å²) in [6.07, 6.45) is -1.10. The maximum atomic E-state index is 10.7. The Hall–Kier alpha value is -1.46. The summed E-state index contributed by atoms with van der Waals surface area (Å²) in [6, 6.07) is 5.42. The molecular weight excluding hydrogens is 254 g/mol. The molecule has 1 heterocycles. The van der Waals surface area contributed by atoms with E-state index in [9.17, 15) is 4.79 Å². The first kappa shape index (κ1) is 13.0. The summed E-state index contributed by atoms with van der Waals surface area (Å²) < 4.78 is 0. The van der Waals surface area contributed by atoms with Crippen LogP contribution in [0.2, 0.25) is 5.02 Å². The Morgan fingerprint density at radius 2 is 2.00 bits per heavy atom. The van der Waals surface area contributed by atoms with Crippen molar-refractivity contribution < 1.29 is 9.90 Å². The van der Waals surface area contributed by atoms with Crippen LogP contribution < -0.4 is 10.2 Å². The third-order valence-electron chi connectivity index (χ3n) is 3.06. The summed E-state index contributed by atoms with van der Waals surface area (Å²) in [5.41, 5.74) is 1.43. The van der Waals surface area contributed by atoms with Crippen LogP contribution in [0, 0.1) is 0 Å². The van der Waals surface area contributed by atoms with E-state index in [1.54, 1.807) is 12.1 Å². The van der Waals surface area contributed by atoms with Gasteiger partial charge < -0.3 is 14.9 Å². The fraction of sp³-hybridized carbons (Fsp3) is 0.417. The number of carbonyl (C=O) groups is 1. The zero-order valence-electron chi connectivity index (χ0n) is 10.2. The third-order valence-corrected chi connectivity index (χ3v) is 3.39. The summed E-state index contributed by atoms with van der Waals surface area (Å²) in [6.45, 7) is 3.88. The van der Waals surface area contributed by atoms with Crippen molar-refractivity contribution in [2.75, 3.05) is 43.4 Å². The second-order valence-corrected chi connectivity index (χ2v) is 4.79. The molecule has 1 aliphatic heterocycles. The minimum Gasteiger partial charge on any atom is -0.465 e. The molecule has 1 aliphatic rings. The molecule has 0 radical (unpaired) electrons. The lowest BCUT2D eigenvalue weighted by atomic mass is 10.2. The summed E-state index contributed by atoms with van der Waals surface area (Å²) in [5.74, 6) is 0. The van der Waals surface area contributed by atoms with Gasteiger partial charge in [0.1, 0.15) is 0 Å². The van der Waals surface area contributed by atoms with E-state index in [2.05, 4.69) is 22.2 Å². The fourth-order valence-electron chi connectivity index (χ4n) is 1.99. The molecule has 18 heavy (non-hydrogen) atoms. The van der Waals surface area contributed by atoms with E-state index in [1.807, 2.05) is 6.07 Å². The predicted octanol–water partition coefficient (Wildman–Crippen LogP) is 2.18. The Balaban J connectivity index is 2.16. The Labute approximate surface area is 111 Å². The summed E-state index contributed by atoms with van der Waals surface area (Å²) in [5, 5.41) is 11.5. The van der Waals surface area contributed by atoms with Crippen molar-refractivity contribution >= 4 is 29.1 Å². The lowest BCUT2D eigenvalue weighted by Crippen LogP contribution is -2.44. The molecular formula is C12H16ClN3O2. The number of halogens is 1. The normalized spacial score (nSPS) is 16.7. The zero-order valence-corrected chi connectivity index (χ0v) is 10.9. The highest BCUT2D eigenvalue weighted by molar-refractivity contribution is 6.33. The van der Waals surface area contributed by atoms with Gasteiger partial charge in [-0.05, 0) is 25.2 Å². The number of likely N-dealkylation sites (N-methyl/N-ethyl adjacent to an activating group) is 1. The first-order chi connectivity index (χ1) is 8.56. The smallest absolute Gasteiger partial charge is 0.409 e. The number of benzene rings is 1. The number of anilines is 2. The van der Waals surface area contributed by atoms with Crippen molar-refractivity contribution in [3.8, 4) is 0 Å². The van der Waals surface area contributed by atoms with Gasteiger partial charge in [-0.3, -0.25) is 5.32 Å². The van der Waals surface area contributed by atoms with Gasteiger partial charge in [-0.2, -0.15) is 0 Å². The minimum atomic E-state index is -1.10. The number of hydrogen-bond acceptors (Lipinski definition) is 3.